The summed E-state index contributed by atoms with van der Waals surface area (Å²) in [6.45, 7) is 4.93. The van der Waals surface area contributed by atoms with Crippen LogP contribution in [0.5, 0.6) is 0 Å². The highest BCUT2D eigenvalue weighted by Crippen LogP contribution is 2.26. The van der Waals surface area contributed by atoms with Crippen molar-refractivity contribution in [1.29, 1.82) is 5.26 Å². The van der Waals surface area contributed by atoms with Crippen molar-refractivity contribution in [3.8, 4) is 6.07 Å². The molecule has 2 aromatic rings. The Hall–Kier alpha value is -2.91. The molecule has 0 bridgehead atoms. The number of piperidine rings is 1. The fourth-order valence-electron chi connectivity index (χ4n) is 4.65. The number of amides is 1. The van der Waals surface area contributed by atoms with Crippen molar-refractivity contribution in [2.24, 2.45) is 5.92 Å². The van der Waals surface area contributed by atoms with Gasteiger partial charge in [0.05, 0.1) is 23.2 Å². The zero-order chi connectivity index (χ0) is 21.6. The Balaban J connectivity index is 1.22. The SMILES string of the molecule is N#Cc1ccc(N2CCCC(C(=O)NCCCN3CCc4ccccc4C3)C2)c(F)c1. The highest BCUT2D eigenvalue weighted by molar-refractivity contribution is 5.79. The first-order chi connectivity index (χ1) is 15.1. The third-order valence-electron chi connectivity index (χ3n) is 6.37. The minimum Gasteiger partial charge on any atom is -0.368 e. The van der Waals surface area contributed by atoms with Crippen molar-refractivity contribution >= 4 is 11.6 Å². The predicted octanol–water partition coefficient (Wildman–Crippen LogP) is 3.48. The summed E-state index contributed by atoms with van der Waals surface area (Å²) in [5, 5.41) is 12.0. The molecule has 2 heterocycles. The second-order valence-corrected chi connectivity index (χ2v) is 8.50. The average molecular weight is 421 g/mol. The first-order valence-corrected chi connectivity index (χ1v) is 11.2. The smallest absolute Gasteiger partial charge is 0.224 e. The lowest BCUT2D eigenvalue weighted by atomic mass is 9.96. The van der Waals surface area contributed by atoms with E-state index in [2.05, 4.69) is 34.5 Å². The molecule has 1 unspecified atom stereocenters. The molecule has 1 N–H and O–H groups in total. The summed E-state index contributed by atoms with van der Waals surface area (Å²) in [4.78, 5) is 17.1. The van der Waals surface area contributed by atoms with Crippen molar-refractivity contribution in [3.05, 3.63) is 65.0 Å². The fourth-order valence-corrected chi connectivity index (χ4v) is 4.65. The molecule has 162 valence electrons. The number of hydrogen-bond donors (Lipinski definition) is 1. The van der Waals surface area contributed by atoms with E-state index in [1.54, 1.807) is 12.1 Å². The van der Waals surface area contributed by atoms with E-state index in [-0.39, 0.29) is 11.8 Å². The Kier molecular flexibility index (Phi) is 6.83. The van der Waals surface area contributed by atoms with Gasteiger partial charge in [-0.05, 0) is 55.0 Å². The van der Waals surface area contributed by atoms with Gasteiger partial charge in [0.2, 0.25) is 5.91 Å². The van der Waals surface area contributed by atoms with E-state index in [1.807, 2.05) is 11.0 Å². The number of anilines is 1. The number of carbonyl (C=O) groups is 1. The number of nitriles is 1. The minimum absolute atomic E-state index is 0.0581. The number of nitrogens with one attached hydrogen (secondary N) is 1. The Morgan fingerprint density at radius 3 is 2.84 bits per heavy atom. The molecule has 0 aromatic heterocycles. The van der Waals surface area contributed by atoms with Crippen LogP contribution in [0.4, 0.5) is 10.1 Å². The third kappa shape index (κ3) is 5.23. The van der Waals surface area contributed by atoms with Gasteiger partial charge in [-0.15, -0.1) is 0 Å². The first-order valence-electron chi connectivity index (χ1n) is 11.2. The fraction of sp³-hybridized carbons (Fsp3) is 0.440. The van der Waals surface area contributed by atoms with Crippen molar-refractivity contribution < 1.29 is 9.18 Å². The number of rotatable bonds is 6. The van der Waals surface area contributed by atoms with E-state index in [9.17, 15) is 9.18 Å². The average Bonchev–Trinajstić information content (AvgIpc) is 2.81. The van der Waals surface area contributed by atoms with Crippen LogP contribution in [0.25, 0.3) is 0 Å². The normalized spacial score (nSPS) is 18.8. The van der Waals surface area contributed by atoms with Gasteiger partial charge in [-0.1, -0.05) is 24.3 Å². The molecule has 1 amide bonds. The summed E-state index contributed by atoms with van der Waals surface area (Å²) in [5.74, 6) is -0.475. The molecular formula is C25H29FN4O. The molecule has 0 saturated carbocycles. The minimum atomic E-state index is -0.400. The predicted molar refractivity (Wildman–Crippen MR) is 119 cm³/mol. The van der Waals surface area contributed by atoms with Gasteiger partial charge in [0.25, 0.3) is 0 Å². The first kappa shape index (κ1) is 21.3. The molecule has 2 aromatic carbocycles. The molecule has 6 heteroatoms. The van der Waals surface area contributed by atoms with Crippen molar-refractivity contribution in [2.45, 2.75) is 32.2 Å². The summed E-state index contributed by atoms with van der Waals surface area (Å²) in [6, 6.07) is 15.1. The van der Waals surface area contributed by atoms with Crippen molar-refractivity contribution in [3.63, 3.8) is 0 Å². The molecule has 1 fully saturated rings. The Bertz CT molecular complexity index is 970. The second-order valence-electron chi connectivity index (χ2n) is 8.50. The van der Waals surface area contributed by atoms with Gasteiger partial charge in [-0.3, -0.25) is 9.69 Å². The molecule has 0 aliphatic carbocycles. The van der Waals surface area contributed by atoms with Crippen LogP contribution >= 0.6 is 0 Å². The molecule has 1 atom stereocenters. The van der Waals surface area contributed by atoms with Gasteiger partial charge in [0, 0.05) is 39.3 Å². The number of hydrogen-bond acceptors (Lipinski definition) is 4. The van der Waals surface area contributed by atoms with Crippen LogP contribution in [0.15, 0.2) is 42.5 Å². The van der Waals surface area contributed by atoms with Crippen LogP contribution < -0.4 is 10.2 Å². The van der Waals surface area contributed by atoms with E-state index in [4.69, 9.17) is 5.26 Å². The Labute approximate surface area is 183 Å². The lowest BCUT2D eigenvalue weighted by Crippen LogP contribution is -2.44. The van der Waals surface area contributed by atoms with E-state index in [0.29, 0.717) is 24.3 Å². The van der Waals surface area contributed by atoms with Crippen LogP contribution in [-0.4, -0.2) is 43.5 Å². The molecule has 4 rings (SSSR count). The second kappa shape index (κ2) is 9.93. The van der Waals surface area contributed by atoms with E-state index in [1.165, 1.54) is 17.2 Å². The number of halogens is 1. The molecule has 2 aliphatic rings. The molecule has 1 saturated heterocycles. The van der Waals surface area contributed by atoms with Crippen LogP contribution in [-0.2, 0) is 17.8 Å². The highest BCUT2D eigenvalue weighted by atomic mass is 19.1. The van der Waals surface area contributed by atoms with Gasteiger partial charge in [0.15, 0.2) is 0 Å². The van der Waals surface area contributed by atoms with Gasteiger partial charge in [-0.2, -0.15) is 5.26 Å². The van der Waals surface area contributed by atoms with Crippen molar-refractivity contribution in [1.82, 2.24) is 10.2 Å². The Morgan fingerprint density at radius 1 is 1.19 bits per heavy atom. The monoisotopic (exact) mass is 420 g/mol. The largest absolute Gasteiger partial charge is 0.368 e. The van der Waals surface area contributed by atoms with Crippen LogP contribution in [0.1, 0.15) is 36.0 Å². The molecule has 0 radical (unpaired) electrons. The van der Waals surface area contributed by atoms with Crippen LogP contribution in [0.3, 0.4) is 0 Å². The zero-order valence-electron chi connectivity index (χ0n) is 17.8. The van der Waals surface area contributed by atoms with E-state index in [0.717, 1.165) is 51.9 Å². The number of carbonyl (C=O) groups excluding carboxylic acids is 1. The number of nitrogens with zero attached hydrogens (tertiary/aromatic N) is 3. The summed E-state index contributed by atoms with van der Waals surface area (Å²) in [6.07, 6.45) is 3.69. The maximum absolute atomic E-state index is 14.4. The van der Waals surface area contributed by atoms with Gasteiger partial charge >= 0.3 is 0 Å². The summed E-state index contributed by atoms with van der Waals surface area (Å²) in [7, 11) is 0. The molecule has 5 nitrogen and oxygen atoms in total. The lowest BCUT2D eigenvalue weighted by molar-refractivity contribution is -0.125. The van der Waals surface area contributed by atoms with E-state index < -0.39 is 5.82 Å². The quantitative estimate of drug-likeness (QED) is 0.727. The summed E-state index contributed by atoms with van der Waals surface area (Å²) in [5.41, 5.74) is 3.65. The van der Waals surface area contributed by atoms with Gasteiger partial charge < -0.3 is 10.2 Å². The molecular weight excluding hydrogens is 391 g/mol. The van der Waals surface area contributed by atoms with Gasteiger partial charge in [0.1, 0.15) is 5.82 Å². The topological polar surface area (TPSA) is 59.4 Å². The maximum Gasteiger partial charge on any atom is 0.224 e. The molecule has 2 aliphatic heterocycles. The highest BCUT2D eigenvalue weighted by Gasteiger charge is 2.27. The molecule has 31 heavy (non-hydrogen) atoms. The molecule has 0 spiro atoms. The van der Waals surface area contributed by atoms with Crippen molar-refractivity contribution in [2.75, 3.05) is 37.6 Å². The zero-order valence-corrected chi connectivity index (χ0v) is 17.8. The standard InChI is InChI=1S/C25H29FN4O/c26-23-15-19(16-27)8-9-24(23)30-13-3-7-22(18-30)25(31)28-11-4-12-29-14-10-20-5-1-2-6-21(20)17-29/h1-2,5-6,8-9,15,22H,3-4,7,10-14,17-18H2,(H,28,31). The third-order valence-corrected chi connectivity index (χ3v) is 6.37. The van der Waals surface area contributed by atoms with Crippen LogP contribution in [0.2, 0.25) is 0 Å². The van der Waals surface area contributed by atoms with Gasteiger partial charge in [-0.25, -0.2) is 4.39 Å². The number of fused-ring (bicyclic) bond motifs is 1. The lowest BCUT2D eigenvalue weighted by Gasteiger charge is -2.34. The van der Waals surface area contributed by atoms with Crippen LogP contribution in [0, 0.1) is 23.1 Å². The number of benzene rings is 2. The Morgan fingerprint density at radius 2 is 2.03 bits per heavy atom. The van der Waals surface area contributed by atoms with E-state index >= 15 is 0 Å². The summed E-state index contributed by atoms with van der Waals surface area (Å²) < 4.78 is 14.4. The maximum atomic E-state index is 14.4. The summed E-state index contributed by atoms with van der Waals surface area (Å²) >= 11 is 0.